The Bertz CT molecular complexity index is 880. The number of amides is 1. The van der Waals surface area contributed by atoms with Gasteiger partial charge in [0.1, 0.15) is 10.6 Å². The van der Waals surface area contributed by atoms with Crippen LogP contribution in [0.3, 0.4) is 0 Å². The van der Waals surface area contributed by atoms with Crippen molar-refractivity contribution in [3.63, 3.8) is 0 Å². The molecule has 0 bridgehead atoms. The number of thiophene rings is 1. The Balaban J connectivity index is 2.01. The lowest BCUT2D eigenvalue weighted by molar-refractivity contribution is 0.0603. The van der Waals surface area contributed by atoms with Crippen molar-refractivity contribution in [1.29, 1.82) is 0 Å². The Labute approximate surface area is 142 Å². The molecule has 1 amide bonds. The van der Waals surface area contributed by atoms with Gasteiger partial charge in [-0.05, 0) is 24.6 Å². The zero-order valence-corrected chi connectivity index (χ0v) is 14.0. The van der Waals surface area contributed by atoms with E-state index in [9.17, 15) is 9.59 Å². The van der Waals surface area contributed by atoms with Crippen LogP contribution in [-0.2, 0) is 4.74 Å². The fourth-order valence-corrected chi connectivity index (χ4v) is 3.30. The van der Waals surface area contributed by atoms with Crippen LogP contribution in [0.1, 0.15) is 26.5 Å². The molecule has 2 aromatic heterocycles. The number of nitrogens with one attached hydrogen (secondary N) is 1. The highest BCUT2D eigenvalue weighted by Crippen LogP contribution is 2.36. The van der Waals surface area contributed by atoms with Gasteiger partial charge >= 0.3 is 5.97 Å². The van der Waals surface area contributed by atoms with Crippen LogP contribution >= 0.6 is 11.3 Å². The van der Waals surface area contributed by atoms with Crippen LogP contribution in [0.5, 0.6) is 0 Å². The summed E-state index contributed by atoms with van der Waals surface area (Å²) in [6.45, 7) is 1.98. The van der Waals surface area contributed by atoms with Crippen molar-refractivity contribution in [2.45, 2.75) is 6.92 Å². The van der Waals surface area contributed by atoms with Gasteiger partial charge in [-0.2, -0.15) is 0 Å². The van der Waals surface area contributed by atoms with Crippen molar-refractivity contribution in [2.24, 2.45) is 0 Å². The number of carbonyl (C=O) groups excluding carboxylic acids is 2. The maximum absolute atomic E-state index is 12.3. The van der Waals surface area contributed by atoms with Gasteiger partial charge in [-0.25, -0.2) is 4.79 Å². The molecular formula is C18H15NO4S. The van der Waals surface area contributed by atoms with Crippen LogP contribution < -0.4 is 5.32 Å². The fraction of sp³-hybridized carbons (Fsp3) is 0.111. The predicted octanol–water partition coefficient (Wildman–Crippen LogP) is 4.36. The number of esters is 1. The van der Waals surface area contributed by atoms with Gasteiger partial charge in [-0.1, -0.05) is 29.8 Å². The SMILES string of the molecule is COC(=O)c1c(-c2cccc(C)c2)csc1NC(=O)c1ccco1. The van der Waals surface area contributed by atoms with Crippen LogP contribution in [0.2, 0.25) is 0 Å². The number of anilines is 1. The molecule has 0 unspecified atom stereocenters. The summed E-state index contributed by atoms with van der Waals surface area (Å²) >= 11 is 1.27. The van der Waals surface area contributed by atoms with E-state index in [-0.39, 0.29) is 5.76 Å². The number of furan rings is 1. The van der Waals surface area contributed by atoms with Gasteiger partial charge in [0.25, 0.3) is 5.91 Å². The molecular weight excluding hydrogens is 326 g/mol. The van der Waals surface area contributed by atoms with E-state index in [1.54, 1.807) is 12.1 Å². The number of benzene rings is 1. The van der Waals surface area contributed by atoms with E-state index in [0.717, 1.165) is 16.7 Å². The lowest BCUT2D eigenvalue weighted by Crippen LogP contribution is -2.13. The lowest BCUT2D eigenvalue weighted by Gasteiger charge is -2.07. The molecule has 0 fully saturated rings. The summed E-state index contributed by atoms with van der Waals surface area (Å²) < 4.78 is 9.97. The molecule has 0 radical (unpaired) electrons. The largest absolute Gasteiger partial charge is 0.465 e. The summed E-state index contributed by atoms with van der Waals surface area (Å²) in [7, 11) is 1.32. The highest BCUT2D eigenvalue weighted by atomic mass is 32.1. The standard InChI is InChI=1S/C18H15NO4S/c1-11-5-3-6-12(9-11)13-10-24-17(15(13)18(21)22-2)19-16(20)14-7-4-8-23-14/h3-10H,1-2H3,(H,19,20). The quantitative estimate of drug-likeness (QED) is 0.716. The third-order valence-electron chi connectivity index (χ3n) is 3.48. The van der Waals surface area contributed by atoms with Crippen molar-refractivity contribution < 1.29 is 18.7 Å². The van der Waals surface area contributed by atoms with Crippen molar-refractivity contribution >= 4 is 28.2 Å². The maximum Gasteiger partial charge on any atom is 0.341 e. The molecule has 0 aliphatic rings. The summed E-state index contributed by atoms with van der Waals surface area (Å²) in [5, 5.41) is 4.98. The average Bonchev–Trinajstić information content (AvgIpc) is 3.24. The van der Waals surface area contributed by atoms with Gasteiger partial charge in [-0.15, -0.1) is 11.3 Å². The van der Waals surface area contributed by atoms with Crippen LogP contribution in [0.25, 0.3) is 11.1 Å². The van der Waals surface area contributed by atoms with Crippen molar-refractivity contribution in [3.8, 4) is 11.1 Å². The summed E-state index contributed by atoms with van der Waals surface area (Å²) in [4.78, 5) is 24.4. The summed E-state index contributed by atoms with van der Waals surface area (Å²) in [6.07, 6.45) is 1.42. The maximum atomic E-state index is 12.3. The number of rotatable bonds is 4. The summed E-state index contributed by atoms with van der Waals surface area (Å²) in [5.74, 6) is -0.735. The molecule has 0 spiro atoms. The molecule has 1 N–H and O–H groups in total. The summed E-state index contributed by atoms with van der Waals surface area (Å²) in [6, 6.07) is 11.0. The van der Waals surface area contributed by atoms with E-state index in [1.165, 1.54) is 24.7 Å². The number of methoxy groups -OCH3 is 1. The molecule has 5 nitrogen and oxygen atoms in total. The van der Waals surface area contributed by atoms with Crippen LogP contribution in [0.15, 0.2) is 52.5 Å². The topological polar surface area (TPSA) is 68.5 Å². The minimum Gasteiger partial charge on any atom is -0.465 e. The first-order valence-corrected chi connectivity index (χ1v) is 8.10. The monoisotopic (exact) mass is 341 g/mol. The number of hydrogen-bond acceptors (Lipinski definition) is 5. The zero-order valence-electron chi connectivity index (χ0n) is 13.2. The van der Waals surface area contributed by atoms with Crippen LogP contribution in [-0.4, -0.2) is 19.0 Å². The van der Waals surface area contributed by atoms with E-state index < -0.39 is 11.9 Å². The van der Waals surface area contributed by atoms with E-state index in [1.807, 2.05) is 36.6 Å². The van der Waals surface area contributed by atoms with Crippen molar-refractivity contribution in [1.82, 2.24) is 0 Å². The number of aryl methyl sites for hydroxylation is 1. The lowest BCUT2D eigenvalue weighted by atomic mass is 10.0. The average molecular weight is 341 g/mol. The highest BCUT2D eigenvalue weighted by Gasteiger charge is 2.23. The Kier molecular flexibility index (Phi) is 4.48. The third kappa shape index (κ3) is 3.09. The fourth-order valence-electron chi connectivity index (χ4n) is 2.35. The third-order valence-corrected chi connectivity index (χ3v) is 4.38. The molecule has 1 aromatic carbocycles. The molecule has 6 heteroatoms. The smallest absolute Gasteiger partial charge is 0.341 e. The molecule has 0 aliphatic carbocycles. The first kappa shape index (κ1) is 16.0. The van der Waals surface area contributed by atoms with Gasteiger partial charge in [0, 0.05) is 10.9 Å². The van der Waals surface area contributed by atoms with Gasteiger partial charge in [0.05, 0.1) is 13.4 Å². The van der Waals surface area contributed by atoms with Gasteiger partial charge < -0.3 is 14.5 Å². The minimum atomic E-state index is -0.498. The van der Waals surface area contributed by atoms with Crippen molar-refractivity contribution in [3.05, 3.63) is 64.9 Å². The van der Waals surface area contributed by atoms with Gasteiger partial charge in [0.15, 0.2) is 5.76 Å². The van der Waals surface area contributed by atoms with Crippen LogP contribution in [0.4, 0.5) is 5.00 Å². The van der Waals surface area contributed by atoms with E-state index in [4.69, 9.17) is 9.15 Å². The van der Waals surface area contributed by atoms with Crippen molar-refractivity contribution in [2.75, 3.05) is 12.4 Å². The van der Waals surface area contributed by atoms with E-state index >= 15 is 0 Å². The molecule has 24 heavy (non-hydrogen) atoms. The van der Waals surface area contributed by atoms with Gasteiger partial charge in [-0.3, -0.25) is 4.79 Å². The Morgan fingerprint density at radius 3 is 2.71 bits per heavy atom. The molecule has 3 aromatic rings. The molecule has 122 valence electrons. The molecule has 0 saturated carbocycles. The molecule has 0 atom stereocenters. The Morgan fingerprint density at radius 2 is 2.04 bits per heavy atom. The normalized spacial score (nSPS) is 10.4. The highest BCUT2D eigenvalue weighted by molar-refractivity contribution is 7.15. The van der Waals surface area contributed by atoms with E-state index in [2.05, 4.69) is 5.32 Å². The molecule has 0 saturated heterocycles. The van der Waals surface area contributed by atoms with Gasteiger partial charge in [0.2, 0.25) is 0 Å². The second-order valence-corrected chi connectivity index (χ2v) is 6.03. The number of ether oxygens (including phenoxy) is 1. The van der Waals surface area contributed by atoms with Crippen LogP contribution in [0, 0.1) is 6.92 Å². The molecule has 2 heterocycles. The Hall–Kier alpha value is -2.86. The number of carbonyl (C=O) groups is 2. The predicted molar refractivity (Wildman–Crippen MR) is 92.5 cm³/mol. The second-order valence-electron chi connectivity index (χ2n) is 5.15. The summed E-state index contributed by atoms with van der Waals surface area (Å²) in [5.41, 5.74) is 3.04. The zero-order chi connectivity index (χ0) is 17.1. The minimum absolute atomic E-state index is 0.177. The van der Waals surface area contributed by atoms with E-state index in [0.29, 0.717) is 10.6 Å². The first-order chi connectivity index (χ1) is 11.6. The number of hydrogen-bond donors (Lipinski definition) is 1. The molecule has 3 rings (SSSR count). The first-order valence-electron chi connectivity index (χ1n) is 7.22. The second kappa shape index (κ2) is 6.72. The molecule has 0 aliphatic heterocycles. The Morgan fingerprint density at radius 1 is 1.21 bits per heavy atom.